The number of carbonyl (C=O) groups excluding carboxylic acids is 1. The fourth-order valence-corrected chi connectivity index (χ4v) is 3.65. The number of fused-ring (bicyclic) bond motifs is 1. The van der Waals surface area contributed by atoms with Crippen LogP contribution in [-0.2, 0) is 11.2 Å². The van der Waals surface area contributed by atoms with Gasteiger partial charge >= 0.3 is 0 Å². The molecule has 0 aliphatic carbocycles. The van der Waals surface area contributed by atoms with Gasteiger partial charge in [0.2, 0.25) is 5.91 Å². The van der Waals surface area contributed by atoms with Gasteiger partial charge in [-0.05, 0) is 52.2 Å². The van der Waals surface area contributed by atoms with Crippen molar-refractivity contribution >= 4 is 17.6 Å². The Morgan fingerprint density at radius 3 is 2.56 bits per heavy atom. The van der Waals surface area contributed by atoms with Crippen molar-refractivity contribution in [2.45, 2.75) is 52.6 Å². The van der Waals surface area contributed by atoms with Crippen LogP contribution in [0.5, 0.6) is 0 Å². The van der Waals surface area contributed by atoms with E-state index in [1.807, 2.05) is 23.1 Å². The molecule has 150 valence electrons. The zero-order chi connectivity index (χ0) is 19.8. The number of hydrogen-bond acceptors (Lipinski definition) is 3. The standard InChI is InChI=1S/C21H35N5O/c1-16(2)25(17(3)4)13-8-12-23-21(22-5)24-15-20(27)26-14-11-18-9-6-7-10-19(18)26/h6-7,9-10,16-17H,8,11-15H2,1-5H3,(H2,22,23,24). The maximum Gasteiger partial charge on any atom is 0.246 e. The molecule has 0 atom stereocenters. The van der Waals surface area contributed by atoms with E-state index in [-0.39, 0.29) is 12.5 Å². The van der Waals surface area contributed by atoms with Crippen LogP contribution in [0.25, 0.3) is 0 Å². The third-order valence-corrected chi connectivity index (χ3v) is 5.03. The van der Waals surface area contributed by atoms with Crippen LogP contribution in [0.2, 0.25) is 0 Å². The predicted octanol–water partition coefficient (Wildman–Crippen LogP) is 2.25. The highest BCUT2D eigenvalue weighted by Crippen LogP contribution is 2.27. The number of nitrogens with zero attached hydrogens (tertiary/aromatic N) is 3. The minimum Gasteiger partial charge on any atom is -0.356 e. The summed E-state index contributed by atoms with van der Waals surface area (Å²) in [5.41, 5.74) is 2.28. The van der Waals surface area contributed by atoms with Crippen LogP contribution in [0.4, 0.5) is 5.69 Å². The SMILES string of the molecule is CN=C(NCCCN(C(C)C)C(C)C)NCC(=O)N1CCc2ccccc21. The van der Waals surface area contributed by atoms with Gasteiger partial charge in [-0.2, -0.15) is 0 Å². The molecule has 0 fully saturated rings. The van der Waals surface area contributed by atoms with E-state index in [0.717, 1.165) is 38.2 Å². The Morgan fingerprint density at radius 1 is 1.19 bits per heavy atom. The lowest BCUT2D eigenvalue weighted by molar-refractivity contribution is -0.117. The zero-order valence-corrected chi connectivity index (χ0v) is 17.5. The highest BCUT2D eigenvalue weighted by atomic mass is 16.2. The summed E-state index contributed by atoms with van der Waals surface area (Å²) in [6, 6.07) is 9.20. The number of amides is 1. The van der Waals surface area contributed by atoms with Crippen molar-refractivity contribution in [3.05, 3.63) is 29.8 Å². The van der Waals surface area contributed by atoms with Gasteiger partial charge in [-0.15, -0.1) is 0 Å². The number of hydrogen-bond donors (Lipinski definition) is 2. The van der Waals surface area contributed by atoms with Gasteiger partial charge in [0.1, 0.15) is 0 Å². The number of benzene rings is 1. The molecule has 27 heavy (non-hydrogen) atoms. The average molecular weight is 374 g/mol. The van der Waals surface area contributed by atoms with E-state index in [1.54, 1.807) is 7.05 Å². The summed E-state index contributed by atoms with van der Waals surface area (Å²) >= 11 is 0. The second kappa shape index (κ2) is 10.3. The largest absolute Gasteiger partial charge is 0.356 e. The number of carbonyl (C=O) groups is 1. The van der Waals surface area contributed by atoms with Crippen LogP contribution < -0.4 is 15.5 Å². The fraction of sp³-hybridized carbons (Fsp3) is 0.619. The summed E-state index contributed by atoms with van der Waals surface area (Å²) in [7, 11) is 1.74. The molecule has 1 aromatic rings. The summed E-state index contributed by atoms with van der Waals surface area (Å²) in [5.74, 6) is 0.755. The number of guanidine groups is 1. The third-order valence-electron chi connectivity index (χ3n) is 5.03. The van der Waals surface area contributed by atoms with Crippen LogP contribution in [0, 0.1) is 0 Å². The first-order chi connectivity index (χ1) is 12.9. The van der Waals surface area contributed by atoms with E-state index in [4.69, 9.17) is 0 Å². The van der Waals surface area contributed by atoms with Crippen molar-refractivity contribution in [1.29, 1.82) is 0 Å². The lowest BCUT2D eigenvalue weighted by Gasteiger charge is -2.30. The normalized spacial score (nSPS) is 14.2. The van der Waals surface area contributed by atoms with Gasteiger partial charge < -0.3 is 15.5 Å². The Balaban J connectivity index is 1.74. The first-order valence-electron chi connectivity index (χ1n) is 10.0. The lowest BCUT2D eigenvalue weighted by atomic mass is 10.2. The molecule has 1 amide bonds. The number of nitrogens with one attached hydrogen (secondary N) is 2. The summed E-state index contributed by atoms with van der Waals surface area (Å²) in [6.45, 7) is 11.8. The average Bonchev–Trinajstić information content (AvgIpc) is 3.07. The first-order valence-corrected chi connectivity index (χ1v) is 10.0. The molecule has 0 spiro atoms. The van der Waals surface area contributed by atoms with Gasteiger partial charge in [0.05, 0.1) is 6.54 Å². The molecule has 1 aromatic carbocycles. The van der Waals surface area contributed by atoms with Crippen LogP contribution in [0.3, 0.4) is 0 Å². The molecule has 1 heterocycles. The van der Waals surface area contributed by atoms with Crippen LogP contribution >= 0.6 is 0 Å². The molecule has 0 unspecified atom stereocenters. The number of para-hydroxylation sites is 1. The summed E-state index contributed by atoms with van der Waals surface area (Å²) < 4.78 is 0. The van der Waals surface area contributed by atoms with Crippen molar-refractivity contribution < 1.29 is 4.79 Å². The van der Waals surface area contributed by atoms with Crippen LogP contribution in [-0.4, -0.2) is 62.1 Å². The molecular weight excluding hydrogens is 338 g/mol. The van der Waals surface area contributed by atoms with Crippen molar-refractivity contribution in [3.8, 4) is 0 Å². The van der Waals surface area contributed by atoms with E-state index >= 15 is 0 Å². The molecule has 0 saturated heterocycles. The van der Waals surface area contributed by atoms with Gasteiger partial charge in [-0.3, -0.25) is 14.7 Å². The molecule has 0 saturated carbocycles. The van der Waals surface area contributed by atoms with Crippen molar-refractivity contribution in [2.75, 3.05) is 38.1 Å². The van der Waals surface area contributed by atoms with Gasteiger partial charge in [-0.25, -0.2) is 0 Å². The minimum absolute atomic E-state index is 0.0775. The van der Waals surface area contributed by atoms with Crippen molar-refractivity contribution in [3.63, 3.8) is 0 Å². The topological polar surface area (TPSA) is 60.0 Å². The molecular formula is C21H35N5O. The lowest BCUT2D eigenvalue weighted by Crippen LogP contribution is -2.45. The molecule has 2 rings (SSSR count). The van der Waals surface area contributed by atoms with E-state index in [1.165, 1.54) is 5.56 Å². The Bertz CT molecular complexity index is 633. The summed E-state index contributed by atoms with van der Waals surface area (Å²) in [5, 5.41) is 6.45. The van der Waals surface area contributed by atoms with Gasteiger partial charge in [0.25, 0.3) is 0 Å². The van der Waals surface area contributed by atoms with Gasteiger partial charge in [-0.1, -0.05) is 18.2 Å². The Hall–Kier alpha value is -2.08. The molecule has 0 bridgehead atoms. The number of aliphatic imine (C=N–C) groups is 1. The predicted molar refractivity (Wildman–Crippen MR) is 113 cm³/mol. The second-order valence-electron chi connectivity index (χ2n) is 7.56. The highest BCUT2D eigenvalue weighted by molar-refractivity contribution is 5.98. The molecule has 6 nitrogen and oxygen atoms in total. The maximum absolute atomic E-state index is 12.6. The van der Waals surface area contributed by atoms with E-state index in [2.05, 4.69) is 54.3 Å². The van der Waals surface area contributed by atoms with Gasteiger partial charge in [0, 0.05) is 44.5 Å². The number of anilines is 1. The molecule has 2 N–H and O–H groups in total. The fourth-order valence-electron chi connectivity index (χ4n) is 3.65. The Kier molecular flexibility index (Phi) is 8.10. The molecule has 1 aliphatic heterocycles. The zero-order valence-electron chi connectivity index (χ0n) is 17.5. The molecule has 1 aliphatic rings. The minimum atomic E-state index is 0.0775. The monoisotopic (exact) mass is 373 g/mol. The number of rotatable bonds is 8. The summed E-state index contributed by atoms with van der Waals surface area (Å²) in [4.78, 5) is 21.1. The quantitative estimate of drug-likeness (QED) is 0.417. The van der Waals surface area contributed by atoms with Crippen LogP contribution in [0.15, 0.2) is 29.3 Å². The maximum atomic E-state index is 12.6. The van der Waals surface area contributed by atoms with Crippen LogP contribution in [0.1, 0.15) is 39.7 Å². The smallest absolute Gasteiger partial charge is 0.246 e. The highest BCUT2D eigenvalue weighted by Gasteiger charge is 2.23. The van der Waals surface area contributed by atoms with E-state index in [0.29, 0.717) is 18.0 Å². The Labute approximate surface area is 164 Å². The molecule has 0 aromatic heterocycles. The van der Waals surface area contributed by atoms with E-state index < -0.39 is 0 Å². The molecule has 6 heteroatoms. The van der Waals surface area contributed by atoms with Crippen molar-refractivity contribution in [2.24, 2.45) is 4.99 Å². The summed E-state index contributed by atoms with van der Waals surface area (Å²) in [6.07, 6.45) is 1.96. The Morgan fingerprint density at radius 2 is 1.89 bits per heavy atom. The van der Waals surface area contributed by atoms with Crippen molar-refractivity contribution in [1.82, 2.24) is 15.5 Å². The third kappa shape index (κ3) is 5.96. The second-order valence-corrected chi connectivity index (χ2v) is 7.56. The molecule has 0 radical (unpaired) electrons. The van der Waals surface area contributed by atoms with Gasteiger partial charge in [0.15, 0.2) is 5.96 Å². The van der Waals surface area contributed by atoms with E-state index in [9.17, 15) is 4.79 Å². The first kappa shape index (κ1) is 21.2.